The number of halogens is 4. The molecule has 1 amide bonds. The summed E-state index contributed by atoms with van der Waals surface area (Å²) in [7, 11) is 0. The Hall–Kier alpha value is -3.43. The lowest BCUT2D eigenvalue weighted by Gasteiger charge is -2.29. The second-order valence-corrected chi connectivity index (χ2v) is 9.57. The van der Waals surface area contributed by atoms with Gasteiger partial charge >= 0.3 is 6.18 Å². The van der Waals surface area contributed by atoms with Crippen molar-refractivity contribution in [2.24, 2.45) is 0 Å². The van der Waals surface area contributed by atoms with Gasteiger partial charge in [0.25, 0.3) is 5.91 Å². The predicted molar refractivity (Wildman–Crippen MR) is 134 cm³/mol. The molecule has 37 heavy (non-hydrogen) atoms. The van der Waals surface area contributed by atoms with Crippen LogP contribution in [0.3, 0.4) is 0 Å². The van der Waals surface area contributed by atoms with Gasteiger partial charge in [-0.3, -0.25) is 19.1 Å². The number of nitrogens with one attached hydrogen (secondary N) is 1. The van der Waals surface area contributed by atoms with E-state index in [0.29, 0.717) is 48.1 Å². The molecule has 10 heteroatoms. The van der Waals surface area contributed by atoms with E-state index in [-0.39, 0.29) is 5.91 Å². The van der Waals surface area contributed by atoms with Crippen molar-refractivity contribution < 1.29 is 18.0 Å². The van der Waals surface area contributed by atoms with E-state index in [0.717, 1.165) is 30.2 Å². The fourth-order valence-corrected chi connectivity index (χ4v) is 4.83. The van der Waals surface area contributed by atoms with Gasteiger partial charge in [0.2, 0.25) is 0 Å². The van der Waals surface area contributed by atoms with Crippen molar-refractivity contribution in [3.63, 3.8) is 0 Å². The first-order valence-electron chi connectivity index (χ1n) is 12.0. The minimum Gasteiger partial charge on any atom is -0.347 e. The van der Waals surface area contributed by atoms with Gasteiger partial charge in [0, 0.05) is 38.6 Å². The number of carbonyl (C=O) groups excluding carboxylic acids is 1. The summed E-state index contributed by atoms with van der Waals surface area (Å²) in [6, 6.07) is 12.2. The number of aromatic nitrogens is 3. The molecule has 3 aromatic heterocycles. The summed E-state index contributed by atoms with van der Waals surface area (Å²) in [5.74, 6) is -0.208. The van der Waals surface area contributed by atoms with Crippen LogP contribution in [0, 0.1) is 0 Å². The molecule has 6 nitrogen and oxygen atoms in total. The summed E-state index contributed by atoms with van der Waals surface area (Å²) < 4.78 is 40.0. The zero-order valence-electron chi connectivity index (χ0n) is 20.1. The molecule has 0 radical (unpaired) electrons. The lowest BCUT2D eigenvalue weighted by molar-refractivity contribution is -0.141. The van der Waals surface area contributed by atoms with Crippen molar-refractivity contribution in [1.29, 1.82) is 0 Å². The third kappa shape index (κ3) is 5.47. The van der Waals surface area contributed by atoms with Crippen molar-refractivity contribution in [3.05, 3.63) is 99.2 Å². The van der Waals surface area contributed by atoms with E-state index in [1.165, 1.54) is 23.4 Å². The van der Waals surface area contributed by atoms with Gasteiger partial charge in [0.05, 0.1) is 10.7 Å². The maximum Gasteiger partial charge on any atom is 0.433 e. The van der Waals surface area contributed by atoms with Gasteiger partial charge in [-0.05, 0) is 53.3 Å². The van der Waals surface area contributed by atoms with E-state index in [1.807, 2.05) is 13.0 Å². The van der Waals surface area contributed by atoms with Crippen molar-refractivity contribution in [2.75, 3.05) is 6.54 Å². The summed E-state index contributed by atoms with van der Waals surface area (Å²) in [4.78, 5) is 23.4. The van der Waals surface area contributed by atoms with Crippen LogP contribution in [-0.4, -0.2) is 31.7 Å². The molecular formula is C27H25ClF3N5O. The Bertz CT molecular complexity index is 1450. The number of benzene rings is 1. The normalized spacial score (nSPS) is 14.1. The maximum atomic E-state index is 13.1. The Labute approximate surface area is 217 Å². The molecule has 0 saturated heterocycles. The highest BCUT2D eigenvalue weighted by Gasteiger charge is 2.32. The molecule has 0 unspecified atom stereocenters. The van der Waals surface area contributed by atoms with E-state index >= 15 is 0 Å². The molecule has 0 bridgehead atoms. The first-order valence-corrected chi connectivity index (χ1v) is 12.4. The number of carbonyl (C=O) groups is 1. The van der Waals surface area contributed by atoms with Crippen molar-refractivity contribution in [3.8, 4) is 0 Å². The Morgan fingerprint density at radius 2 is 1.92 bits per heavy atom. The summed E-state index contributed by atoms with van der Waals surface area (Å²) in [6.45, 7) is 4.36. The van der Waals surface area contributed by atoms with Crippen LogP contribution < -0.4 is 5.32 Å². The van der Waals surface area contributed by atoms with Gasteiger partial charge in [0.1, 0.15) is 17.0 Å². The standard InChI is InChI=1S/C27H25ClF3N5O/c1-2-22-25(36-16-21(28)6-8-24(36)34-22)26(37)33-12-17-3-5-20-15-35(10-9-19(20)11-17)14-18-4-7-23(32-13-18)27(29,30)31/h3-8,11,13,16H,2,9-10,12,14-15H2,1H3,(H,33,37). The molecular weight excluding hydrogens is 503 g/mol. The van der Waals surface area contributed by atoms with Crippen LogP contribution in [0.1, 0.15) is 51.1 Å². The van der Waals surface area contributed by atoms with Crippen LogP contribution in [0.15, 0.2) is 54.9 Å². The van der Waals surface area contributed by atoms with Crippen LogP contribution in [0.25, 0.3) is 5.65 Å². The van der Waals surface area contributed by atoms with Crippen LogP contribution in [0.2, 0.25) is 5.02 Å². The molecule has 192 valence electrons. The Kier molecular flexibility index (Phi) is 6.92. The fourth-order valence-electron chi connectivity index (χ4n) is 4.67. The zero-order chi connectivity index (χ0) is 26.2. The summed E-state index contributed by atoms with van der Waals surface area (Å²) in [5.41, 5.74) is 5.14. The number of alkyl halides is 3. The number of hydrogen-bond donors (Lipinski definition) is 1. The first kappa shape index (κ1) is 25.2. The Balaban J connectivity index is 1.23. The largest absolute Gasteiger partial charge is 0.433 e. The number of aryl methyl sites for hydroxylation is 1. The third-order valence-electron chi connectivity index (χ3n) is 6.54. The average Bonchev–Trinajstić information content (AvgIpc) is 3.25. The number of hydrogen-bond acceptors (Lipinski definition) is 4. The predicted octanol–water partition coefficient (Wildman–Crippen LogP) is 5.45. The number of rotatable bonds is 6. The van der Waals surface area contributed by atoms with Gasteiger partial charge in [-0.1, -0.05) is 42.8 Å². The minimum atomic E-state index is -4.43. The smallest absolute Gasteiger partial charge is 0.347 e. The van der Waals surface area contributed by atoms with Crippen molar-refractivity contribution in [1.82, 2.24) is 24.6 Å². The average molecular weight is 528 g/mol. The molecule has 0 saturated carbocycles. The fraction of sp³-hybridized carbons (Fsp3) is 0.296. The summed E-state index contributed by atoms with van der Waals surface area (Å²) in [5, 5.41) is 3.54. The topological polar surface area (TPSA) is 62.5 Å². The lowest BCUT2D eigenvalue weighted by Crippen LogP contribution is -2.30. The minimum absolute atomic E-state index is 0.208. The quantitative estimate of drug-likeness (QED) is 0.362. The van der Waals surface area contributed by atoms with Gasteiger partial charge < -0.3 is 5.32 Å². The third-order valence-corrected chi connectivity index (χ3v) is 6.76. The second kappa shape index (κ2) is 10.1. The summed E-state index contributed by atoms with van der Waals surface area (Å²) in [6.07, 6.45) is 0.00443. The van der Waals surface area contributed by atoms with E-state index in [2.05, 4.69) is 32.3 Å². The highest BCUT2D eigenvalue weighted by atomic mass is 35.5. The van der Waals surface area contributed by atoms with Gasteiger partial charge in [-0.2, -0.15) is 13.2 Å². The van der Waals surface area contributed by atoms with Crippen LogP contribution in [0.5, 0.6) is 0 Å². The van der Waals surface area contributed by atoms with Gasteiger partial charge in [-0.15, -0.1) is 0 Å². The Morgan fingerprint density at radius 1 is 1.11 bits per heavy atom. The molecule has 0 fully saturated rings. The molecule has 0 aliphatic carbocycles. The van der Waals surface area contributed by atoms with E-state index in [1.54, 1.807) is 22.7 Å². The van der Waals surface area contributed by atoms with Crippen LogP contribution in [0.4, 0.5) is 13.2 Å². The highest BCUT2D eigenvalue weighted by molar-refractivity contribution is 6.30. The molecule has 4 aromatic rings. The number of fused-ring (bicyclic) bond motifs is 2. The zero-order valence-corrected chi connectivity index (χ0v) is 20.9. The highest BCUT2D eigenvalue weighted by Crippen LogP contribution is 2.28. The molecule has 1 aliphatic rings. The number of amides is 1. The maximum absolute atomic E-state index is 13.1. The van der Waals surface area contributed by atoms with E-state index in [9.17, 15) is 18.0 Å². The molecule has 0 atom stereocenters. The van der Waals surface area contributed by atoms with Crippen molar-refractivity contribution in [2.45, 2.75) is 45.6 Å². The second-order valence-electron chi connectivity index (χ2n) is 9.13. The van der Waals surface area contributed by atoms with Gasteiger partial charge in [0.15, 0.2) is 0 Å². The number of nitrogens with zero attached hydrogens (tertiary/aromatic N) is 4. The SMILES string of the molecule is CCc1nc2ccc(Cl)cn2c1C(=O)NCc1ccc2c(c1)CCN(Cc1ccc(C(F)(F)F)nc1)C2. The molecule has 1 N–H and O–H groups in total. The van der Waals surface area contributed by atoms with E-state index < -0.39 is 11.9 Å². The molecule has 0 spiro atoms. The molecule has 4 heterocycles. The first-order chi connectivity index (χ1) is 17.7. The van der Waals surface area contributed by atoms with Crippen molar-refractivity contribution >= 4 is 23.2 Å². The monoisotopic (exact) mass is 527 g/mol. The van der Waals surface area contributed by atoms with Crippen LogP contribution in [-0.2, 0) is 38.7 Å². The summed E-state index contributed by atoms with van der Waals surface area (Å²) >= 11 is 6.14. The molecule has 1 aliphatic heterocycles. The number of imidazole rings is 1. The Morgan fingerprint density at radius 3 is 2.65 bits per heavy atom. The molecule has 1 aromatic carbocycles. The molecule has 5 rings (SSSR count). The lowest BCUT2D eigenvalue weighted by atomic mass is 9.97. The van der Waals surface area contributed by atoms with E-state index in [4.69, 9.17) is 11.6 Å². The van der Waals surface area contributed by atoms with Crippen LogP contribution >= 0.6 is 11.6 Å². The van der Waals surface area contributed by atoms with Gasteiger partial charge in [-0.25, -0.2) is 4.98 Å². The number of pyridine rings is 2.